The lowest BCUT2D eigenvalue weighted by Gasteiger charge is -2.45. The molecule has 6 N–H and O–H groups in total. The Hall–Kier alpha value is -3.32. The third-order valence-corrected chi connectivity index (χ3v) is 12.3. The zero-order valence-corrected chi connectivity index (χ0v) is 34.9. The number of esters is 4. The molecule has 0 amide bonds. The second-order valence-corrected chi connectivity index (χ2v) is 17.8. The lowest BCUT2D eigenvalue weighted by Crippen LogP contribution is -2.64. The molecule has 2 aliphatic heterocycles. The van der Waals surface area contributed by atoms with Crippen LogP contribution in [0, 0.1) is 0 Å². The maximum atomic E-state index is 16.0. The number of imidazole rings is 1. The molecular formula is C32H48FN5O18P2S. The fourth-order valence-corrected chi connectivity index (χ4v) is 9.29. The number of rotatable bonds is 21. The lowest BCUT2D eigenvalue weighted by molar-refractivity contribution is -0.296. The Morgan fingerprint density at radius 1 is 0.932 bits per heavy atom. The second-order valence-electron chi connectivity index (χ2n) is 13.5. The van der Waals surface area contributed by atoms with E-state index in [0.29, 0.717) is 6.42 Å². The van der Waals surface area contributed by atoms with Crippen molar-refractivity contribution in [1.82, 2.24) is 19.5 Å². The molecule has 7 unspecified atom stereocenters. The number of ether oxygens (including phenoxy) is 6. The van der Waals surface area contributed by atoms with Crippen LogP contribution in [0.3, 0.4) is 0 Å². The average molecular weight is 904 g/mol. The number of alkyl halides is 1. The van der Waals surface area contributed by atoms with Crippen molar-refractivity contribution in [3.05, 3.63) is 12.7 Å². The van der Waals surface area contributed by atoms with E-state index in [4.69, 9.17) is 59.3 Å². The largest absolute Gasteiger partial charge is 0.481 e. The molecule has 0 saturated carbocycles. The number of phosphoric ester groups is 1. The first kappa shape index (κ1) is 48.3. The highest BCUT2D eigenvalue weighted by atomic mass is 32.5. The van der Waals surface area contributed by atoms with E-state index >= 15 is 4.39 Å². The van der Waals surface area contributed by atoms with E-state index in [-0.39, 0.29) is 23.4 Å². The van der Waals surface area contributed by atoms with Crippen LogP contribution in [-0.4, -0.2) is 132 Å². The first-order chi connectivity index (χ1) is 27.7. The third kappa shape index (κ3) is 13.6. The van der Waals surface area contributed by atoms with Gasteiger partial charge in [-0.25, -0.2) is 28.2 Å². The van der Waals surface area contributed by atoms with Gasteiger partial charge in [0.05, 0.1) is 12.9 Å². The molecule has 2 aromatic rings. The quantitative estimate of drug-likeness (QED) is 0.0513. The van der Waals surface area contributed by atoms with Gasteiger partial charge in [-0.3, -0.25) is 28.3 Å². The minimum Gasteiger partial charge on any atom is -0.462 e. The Labute approximate surface area is 341 Å². The van der Waals surface area contributed by atoms with Gasteiger partial charge in [0, 0.05) is 27.2 Å². The number of carbonyl (C=O) groups excluding carboxylic acids is 4. The minimum atomic E-state index is -5.75. The van der Waals surface area contributed by atoms with E-state index in [2.05, 4.69) is 21.9 Å². The summed E-state index contributed by atoms with van der Waals surface area (Å²) in [5.74, 6) is -3.96. The van der Waals surface area contributed by atoms with Gasteiger partial charge in [-0.15, -0.1) is 0 Å². The van der Waals surface area contributed by atoms with Crippen LogP contribution >= 0.6 is 14.5 Å². The van der Waals surface area contributed by atoms with Crippen LogP contribution in [0.5, 0.6) is 0 Å². The second kappa shape index (κ2) is 21.5. The molecule has 0 aliphatic carbocycles. The Balaban J connectivity index is 1.48. The highest BCUT2D eigenvalue weighted by Crippen LogP contribution is 2.62. The number of aliphatic hydroxyl groups is 2. The maximum absolute atomic E-state index is 16.0. The molecule has 0 bridgehead atoms. The number of aliphatic hydroxyl groups excluding tert-OH is 2. The van der Waals surface area contributed by atoms with Crippen molar-refractivity contribution in [2.24, 2.45) is 0 Å². The molecule has 0 spiro atoms. The fraction of sp³-hybridized carbons (Fsp3) is 0.719. The number of halogens is 1. The number of aromatic nitrogens is 4. The summed E-state index contributed by atoms with van der Waals surface area (Å²) in [6, 6.07) is 0. The zero-order chi connectivity index (χ0) is 43.7. The van der Waals surface area contributed by atoms with Crippen molar-refractivity contribution >= 4 is 67.2 Å². The topological polar surface area (TPSA) is 319 Å². The molecular weight excluding hydrogens is 855 g/mol. The molecule has 12 atom stereocenters. The van der Waals surface area contributed by atoms with Crippen LogP contribution < -0.4 is 5.73 Å². The molecule has 23 nitrogen and oxygen atoms in total. The first-order valence-electron chi connectivity index (χ1n) is 18.3. The monoisotopic (exact) mass is 903 g/mol. The summed E-state index contributed by atoms with van der Waals surface area (Å²) in [5.41, 5.74) is 6.12. The molecule has 2 aliphatic rings. The van der Waals surface area contributed by atoms with Gasteiger partial charge in [0.25, 0.3) is 0 Å². The van der Waals surface area contributed by atoms with Crippen molar-refractivity contribution in [3.63, 3.8) is 0 Å². The summed E-state index contributed by atoms with van der Waals surface area (Å²) < 4.78 is 77.5. The van der Waals surface area contributed by atoms with Crippen molar-refractivity contribution in [3.8, 4) is 0 Å². The average Bonchev–Trinajstić information content (AvgIpc) is 3.69. The van der Waals surface area contributed by atoms with Crippen LogP contribution in [-0.2, 0) is 77.3 Å². The normalized spacial score (nSPS) is 28.3. The predicted molar refractivity (Wildman–Crippen MR) is 199 cm³/mol. The van der Waals surface area contributed by atoms with Crippen molar-refractivity contribution in [2.75, 3.05) is 18.9 Å². The maximum Gasteiger partial charge on any atom is 0.481 e. The number of nitrogen functional groups attached to an aromatic ring is 1. The SMILES string of the molecule is CCCCCCCCC(=O)OC[C@H](F)C1OC(OP(=O)(O)OP(O)(=S)OC[C@H]2O[C@@H](n3cnc4c(N)ncnc43)[C@H](O)[C@H]2O)C(OC(C)=O)C(OC(C)=O)C1OC(C)=O. The number of nitrogens with zero attached hydrogens (tertiary/aromatic N) is 4. The Morgan fingerprint density at radius 3 is 2.22 bits per heavy atom. The highest BCUT2D eigenvalue weighted by Gasteiger charge is 2.57. The molecule has 0 radical (unpaired) electrons. The van der Waals surface area contributed by atoms with Gasteiger partial charge < -0.3 is 58.7 Å². The van der Waals surface area contributed by atoms with Gasteiger partial charge in [0.1, 0.15) is 42.9 Å². The molecule has 27 heteroatoms. The molecule has 332 valence electrons. The van der Waals surface area contributed by atoms with Crippen LogP contribution in [0.4, 0.5) is 10.2 Å². The van der Waals surface area contributed by atoms with Gasteiger partial charge in [-0.05, 0) is 18.2 Å². The predicted octanol–water partition coefficient (Wildman–Crippen LogP) is 1.55. The lowest BCUT2D eigenvalue weighted by atomic mass is 9.95. The zero-order valence-electron chi connectivity index (χ0n) is 32.3. The van der Waals surface area contributed by atoms with Gasteiger partial charge in [-0.2, -0.15) is 0 Å². The van der Waals surface area contributed by atoms with Gasteiger partial charge in [0.2, 0.25) is 6.29 Å². The van der Waals surface area contributed by atoms with Crippen molar-refractivity contribution < 1.29 is 89.9 Å². The summed E-state index contributed by atoms with van der Waals surface area (Å²) in [7, 11) is -5.75. The van der Waals surface area contributed by atoms with E-state index in [9.17, 15) is 43.7 Å². The minimum absolute atomic E-state index is 0.0268. The number of hydrogen-bond donors (Lipinski definition) is 5. The van der Waals surface area contributed by atoms with E-state index < -0.39 is 113 Å². The molecule has 2 saturated heterocycles. The Morgan fingerprint density at radius 2 is 1.56 bits per heavy atom. The molecule has 4 heterocycles. The summed E-state index contributed by atoms with van der Waals surface area (Å²) in [6.45, 7) is -1.95. The Kier molecular flexibility index (Phi) is 17.6. The van der Waals surface area contributed by atoms with Gasteiger partial charge in [-0.1, -0.05) is 39.0 Å². The third-order valence-electron chi connectivity index (χ3n) is 8.78. The fourth-order valence-electron chi connectivity index (χ4n) is 6.19. The summed E-state index contributed by atoms with van der Waals surface area (Å²) >= 11 is 4.88. The number of anilines is 1. The number of nitrogens with two attached hydrogens (primary N) is 1. The van der Waals surface area contributed by atoms with E-state index in [1.807, 2.05) is 0 Å². The number of fused-ring (bicyclic) bond motifs is 1. The number of phosphoric acid groups is 1. The van der Waals surface area contributed by atoms with Crippen LogP contribution in [0.25, 0.3) is 11.2 Å². The molecule has 2 fully saturated rings. The van der Waals surface area contributed by atoms with Crippen LogP contribution in [0.2, 0.25) is 0 Å². The highest BCUT2D eigenvalue weighted by molar-refractivity contribution is 8.08. The van der Waals surface area contributed by atoms with Crippen LogP contribution in [0.15, 0.2) is 12.7 Å². The van der Waals surface area contributed by atoms with Gasteiger partial charge >= 0.3 is 38.4 Å². The van der Waals surface area contributed by atoms with Crippen LogP contribution in [0.1, 0.15) is 78.9 Å². The number of carbonyl (C=O) groups is 4. The van der Waals surface area contributed by atoms with E-state index in [0.717, 1.165) is 59.2 Å². The van der Waals surface area contributed by atoms with E-state index in [1.54, 1.807) is 0 Å². The number of hydrogen-bond acceptors (Lipinski definition) is 21. The summed E-state index contributed by atoms with van der Waals surface area (Å²) in [6.07, 6.45) is -11.4. The molecule has 0 aromatic carbocycles. The summed E-state index contributed by atoms with van der Waals surface area (Å²) in [5, 5.41) is 21.4. The standard InChI is InChI=1S/C32H48FN5O18P2S/c1-5-6-7-8-9-10-11-21(42)48-12-19(33)25-26(50-16(2)39)27(51-17(3)40)28(52-18(4)41)32(54-25)55-57(45,46)56-58(47,59)49-13-20-23(43)24(44)31(53-20)38-15-37-22-29(34)35-14-36-30(22)38/h14-15,19-20,23-28,31-32,43-44H,5-13H2,1-4H3,(H,45,46)(H,47,59)(H2,34,35,36)/t19-,20+,23-,24+,25?,26?,27?,28?,31+,32?,58?/m0/s1. The van der Waals surface area contributed by atoms with Gasteiger partial charge in [0.15, 0.2) is 42.2 Å². The Bertz CT molecular complexity index is 1880. The summed E-state index contributed by atoms with van der Waals surface area (Å²) in [4.78, 5) is 82.4. The number of unbranched alkanes of at least 4 members (excludes halogenated alkanes) is 5. The molecule has 4 rings (SSSR count). The van der Waals surface area contributed by atoms with E-state index in [1.165, 1.54) is 10.9 Å². The molecule has 2 aromatic heterocycles. The first-order valence-corrected chi connectivity index (χ1v) is 22.4. The smallest absolute Gasteiger partial charge is 0.462 e. The molecule has 59 heavy (non-hydrogen) atoms. The van der Waals surface area contributed by atoms with Crippen molar-refractivity contribution in [1.29, 1.82) is 0 Å². The van der Waals surface area contributed by atoms with Crippen molar-refractivity contribution in [2.45, 2.75) is 134 Å².